The second-order valence-corrected chi connectivity index (χ2v) is 8.90. The van der Waals surface area contributed by atoms with Crippen molar-refractivity contribution in [1.29, 1.82) is 0 Å². The van der Waals surface area contributed by atoms with Gasteiger partial charge in [0.2, 0.25) is 11.8 Å². The second-order valence-electron chi connectivity index (χ2n) is 8.90. The molecular formula is C27H33N3O3. The maximum atomic E-state index is 13.2. The van der Waals surface area contributed by atoms with E-state index in [0.29, 0.717) is 6.42 Å². The highest BCUT2D eigenvalue weighted by Crippen LogP contribution is 2.34. The van der Waals surface area contributed by atoms with Crippen molar-refractivity contribution in [3.63, 3.8) is 0 Å². The van der Waals surface area contributed by atoms with Crippen LogP contribution in [0.3, 0.4) is 0 Å². The highest BCUT2D eigenvalue weighted by atomic mass is 16.5. The summed E-state index contributed by atoms with van der Waals surface area (Å²) in [4.78, 5) is 25.7. The van der Waals surface area contributed by atoms with Gasteiger partial charge in [-0.2, -0.15) is 5.10 Å². The average Bonchev–Trinajstić information content (AvgIpc) is 3.15. The van der Waals surface area contributed by atoms with E-state index < -0.39 is 0 Å². The number of hydrogen-bond acceptors (Lipinski definition) is 4. The van der Waals surface area contributed by atoms with E-state index in [1.807, 2.05) is 54.6 Å². The molecule has 0 radical (unpaired) electrons. The third kappa shape index (κ3) is 6.01. The van der Waals surface area contributed by atoms with Gasteiger partial charge in [-0.15, -0.1) is 0 Å². The largest absolute Gasteiger partial charge is 0.497 e. The van der Waals surface area contributed by atoms with Gasteiger partial charge in [-0.3, -0.25) is 9.59 Å². The lowest BCUT2D eigenvalue weighted by atomic mass is 9.98. The molecule has 0 spiro atoms. The van der Waals surface area contributed by atoms with Crippen molar-refractivity contribution >= 4 is 17.5 Å². The van der Waals surface area contributed by atoms with Gasteiger partial charge in [-0.25, -0.2) is 5.01 Å². The lowest BCUT2D eigenvalue weighted by Crippen LogP contribution is -2.35. The van der Waals surface area contributed by atoms with E-state index >= 15 is 0 Å². The number of nitrogens with one attached hydrogen (secondary N) is 1. The fourth-order valence-electron chi connectivity index (χ4n) is 4.69. The Labute approximate surface area is 196 Å². The Morgan fingerprint density at radius 3 is 2.33 bits per heavy atom. The van der Waals surface area contributed by atoms with Gasteiger partial charge in [0.1, 0.15) is 5.75 Å². The lowest BCUT2D eigenvalue weighted by Gasteiger charge is -2.22. The first-order chi connectivity index (χ1) is 16.1. The van der Waals surface area contributed by atoms with Crippen LogP contribution in [-0.2, 0) is 9.59 Å². The zero-order chi connectivity index (χ0) is 23.0. The van der Waals surface area contributed by atoms with Crippen LogP contribution in [0.1, 0.15) is 75.0 Å². The molecule has 33 heavy (non-hydrogen) atoms. The number of benzene rings is 2. The molecule has 1 N–H and O–H groups in total. The molecule has 2 aliphatic rings. The first-order valence-corrected chi connectivity index (χ1v) is 12.0. The van der Waals surface area contributed by atoms with Crippen LogP contribution in [-0.4, -0.2) is 35.7 Å². The van der Waals surface area contributed by atoms with E-state index in [1.54, 1.807) is 12.1 Å². The molecule has 1 heterocycles. The first-order valence-electron chi connectivity index (χ1n) is 12.0. The monoisotopic (exact) mass is 447 g/mol. The Hall–Kier alpha value is -3.15. The number of hydrogen-bond donors (Lipinski definition) is 1. The molecule has 6 nitrogen and oxygen atoms in total. The quantitative estimate of drug-likeness (QED) is 0.608. The molecule has 2 aromatic carbocycles. The molecule has 1 saturated carbocycles. The van der Waals surface area contributed by atoms with E-state index in [4.69, 9.17) is 9.84 Å². The summed E-state index contributed by atoms with van der Waals surface area (Å²) in [7, 11) is 1.64. The van der Waals surface area contributed by atoms with Crippen molar-refractivity contribution in [2.75, 3.05) is 7.11 Å². The molecule has 1 fully saturated rings. The van der Waals surface area contributed by atoms with Gasteiger partial charge in [-0.05, 0) is 36.1 Å². The molecule has 1 atom stereocenters. The van der Waals surface area contributed by atoms with Crippen molar-refractivity contribution in [2.24, 2.45) is 5.10 Å². The van der Waals surface area contributed by atoms with E-state index in [2.05, 4.69) is 5.32 Å². The zero-order valence-electron chi connectivity index (χ0n) is 19.3. The molecule has 4 rings (SSSR count). The van der Waals surface area contributed by atoms with Crippen molar-refractivity contribution in [3.05, 3.63) is 65.7 Å². The van der Waals surface area contributed by atoms with Crippen molar-refractivity contribution < 1.29 is 14.3 Å². The summed E-state index contributed by atoms with van der Waals surface area (Å²) in [5, 5.41) is 9.41. The standard InChI is InChI=1S/C27H33N3O3/c1-33-23-15-13-21(14-16-23)25-19-24(20-9-5-4-6-10-20)29-30(25)27(32)18-17-26(31)28-22-11-7-2-3-8-12-22/h4-6,9-10,13-16,22,25H,2-3,7-8,11-12,17-19H2,1H3,(H,28,31)/t25-/m0/s1. The predicted molar refractivity (Wildman–Crippen MR) is 129 cm³/mol. The Morgan fingerprint density at radius 2 is 1.67 bits per heavy atom. The Kier molecular flexibility index (Phi) is 7.76. The minimum Gasteiger partial charge on any atom is -0.497 e. The summed E-state index contributed by atoms with van der Waals surface area (Å²) in [5.41, 5.74) is 2.90. The molecule has 1 aliphatic carbocycles. The van der Waals surface area contributed by atoms with E-state index in [0.717, 1.165) is 48.3 Å². The van der Waals surface area contributed by atoms with Crippen LogP contribution in [0.4, 0.5) is 0 Å². The van der Waals surface area contributed by atoms with Crippen LogP contribution in [0.5, 0.6) is 5.75 Å². The molecule has 174 valence electrons. The smallest absolute Gasteiger partial charge is 0.243 e. The van der Waals surface area contributed by atoms with Crippen LogP contribution in [0.15, 0.2) is 59.7 Å². The van der Waals surface area contributed by atoms with Crippen LogP contribution in [0, 0.1) is 0 Å². The van der Waals surface area contributed by atoms with Crippen LogP contribution in [0.25, 0.3) is 0 Å². The van der Waals surface area contributed by atoms with Gasteiger partial charge in [0, 0.05) is 25.3 Å². The fourth-order valence-corrected chi connectivity index (χ4v) is 4.69. The van der Waals surface area contributed by atoms with Gasteiger partial charge in [0.05, 0.1) is 18.9 Å². The number of amides is 2. The normalized spacial score (nSPS) is 19.0. The predicted octanol–water partition coefficient (Wildman–Crippen LogP) is 4.99. The number of carbonyl (C=O) groups excluding carboxylic acids is 2. The zero-order valence-corrected chi connectivity index (χ0v) is 19.3. The first kappa shape index (κ1) is 23.0. The summed E-state index contributed by atoms with van der Waals surface area (Å²) >= 11 is 0. The third-order valence-corrected chi connectivity index (χ3v) is 6.56. The van der Waals surface area contributed by atoms with E-state index in [-0.39, 0.29) is 36.7 Å². The van der Waals surface area contributed by atoms with E-state index in [9.17, 15) is 9.59 Å². The molecule has 0 bridgehead atoms. The third-order valence-electron chi connectivity index (χ3n) is 6.56. The number of ether oxygens (including phenoxy) is 1. The average molecular weight is 448 g/mol. The molecule has 2 aromatic rings. The Bertz CT molecular complexity index is 964. The number of methoxy groups -OCH3 is 1. The van der Waals surface area contributed by atoms with Crippen molar-refractivity contribution in [3.8, 4) is 5.75 Å². The van der Waals surface area contributed by atoms with Crippen LogP contribution >= 0.6 is 0 Å². The van der Waals surface area contributed by atoms with Crippen LogP contribution in [0.2, 0.25) is 0 Å². The maximum Gasteiger partial charge on any atom is 0.243 e. The summed E-state index contributed by atoms with van der Waals surface area (Å²) in [6, 6.07) is 17.8. The van der Waals surface area contributed by atoms with Crippen molar-refractivity contribution in [2.45, 2.75) is 69.9 Å². The summed E-state index contributed by atoms with van der Waals surface area (Å²) in [6.45, 7) is 0. The SMILES string of the molecule is COc1ccc([C@@H]2CC(c3ccccc3)=NN2C(=O)CCC(=O)NC2CCCCCC2)cc1. The molecule has 0 saturated heterocycles. The van der Waals surface area contributed by atoms with E-state index in [1.165, 1.54) is 12.8 Å². The Morgan fingerprint density at radius 1 is 0.970 bits per heavy atom. The topological polar surface area (TPSA) is 71.0 Å². The molecule has 0 unspecified atom stereocenters. The Balaban J connectivity index is 1.44. The molecular weight excluding hydrogens is 414 g/mol. The number of nitrogens with zero attached hydrogens (tertiary/aromatic N) is 2. The number of hydrazone groups is 1. The van der Waals surface area contributed by atoms with Gasteiger partial charge >= 0.3 is 0 Å². The summed E-state index contributed by atoms with van der Waals surface area (Å²) < 4.78 is 5.28. The summed E-state index contributed by atoms with van der Waals surface area (Å²) in [6.07, 6.45) is 7.87. The highest BCUT2D eigenvalue weighted by Gasteiger charge is 2.33. The fraction of sp³-hybridized carbons (Fsp3) is 0.444. The van der Waals surface area contributed by atoms with Gasteiger partial charge in [-0.1, -0.05) is 68.1 Å². The second kappa shape index (κ2) is 11.1. The maximum absolute atomic E-state index is 13.2. The minimum atomic E-state index is -0.191. The lowest BCUT2D eigenvalue weighted by molar-refractivity contribution is -0.135. The minimum absolute atomic E-state index is 0.0392. The molecule has 0 aromatic heterocycles. The van der Waals surface area contributed by atoms with Gasteiger partial charge < -0.3 is 10.1 Å². The van der Waals surface area contributed by atoms with Crippen molar-refractivity contribution in [1.82, 2.24) is 10.3 Å². The molecule has 6 heteroatoms. The van der Waals surface area contributed by atoms with Crippen LogP contribution < -0.4 is 10.1 Å². The van der Waals surface area contributed by atoms with Gasteiger partial charge in [0.15, 0.2) is 0 Å². The summed E-state index contributed by atoms with van der Waals surface area (Å²) in [5.74, 6) is 0.606. The van der Waals surface area contributed by atoms with Gasteiger partial charge in [0.25, 0.3) is 0 Å². The number of carbonyl (C=O) groups is 2. The number of rotatable bonds is 7. The molecule has 2 amide bonds. The highest BCUT2D eigenvalue weighted by molar-refractivity contribution is 6.03. The molecule has 1 aliphatic heterocycles.